The Hall–Kier alpha value is -2.31. The first-order valence-corrected chi connectivity index (χ1v) is 7.13. The minimum absolute atomic E-state index is 0.118. The highest BCUT2D eigenvalue weighted by Gasteiger charge is 2.16. The molecule has 2 N–H and O–H groups in total. The molecule has 22 heavy (non-hydrogen) atoms. The van der Waals surface area contributed by atoms with Crippen LogP contribution in [0.3, 0.4) is 0 Å². The summed E-state index contributed by atoms with van der Waals surface area (Å²) in [7, 11) is 0. The molecule has 3 rings (SSSR count). The third-order valence-electron chi connectivity index (χ3n) is 3.64. The summed E-state index contributed by atoms with van der Waals surface area (Å²) in [6.07, 6.45) is 6.07. The fraction of sp³-hybridized carbons (Fsp3) is 0.333. The molecule has 0 atom stereocenters. The Kier molecular flexibility index (Phi) is 4.13. The summed E-state index contributed by atoms with van der Waals surface area (Å²) in [5, 5.41) is 5.84. The van der Waals surface area contributed by atoms with Gasteiger partial charge < -0.3 is 10.6 Å². The number of anilines is 3. The number of benzene rings is 1. The van der Waals surface area contributed by atoms with Crippen LogP contribution in [-0.2, 0) is 0 Å². The topological polar surface area (TPSA) is 49.8 Å². The van der Waals surface area contributed by atoms with Crippen molar-refractivity contribution < 1.29 is 13.2 Å². The van der Waals surface area contributed by atoms with Gasteiger partial charge in [-0.3, -0.25) is 0 Å². The minimum Gasteiger partial charge on any atom is -0.367 e. The molecule has 2 aromatic rings. The van der Waals surface area contributed by atoms with Crippen molar-refractivity contribution in [1.29, 1.82) is 0 Å². The van der Waals surface area contributed by atoms with Crippen LogP contribution >= 0.6 is 0 Å². The number of nitrogens with one attached hydrogen (secondary N) is 2. The van der Waals surface area contributed by atoms with E-state index in [1.54, 1.807) is 6.07 Å². The zero-order valence-electron chi connectivity index (χ0n) is 11.7. The molecule has 0 unspecified atom stereocenters. The van der Waals surface area contributed by atoms with E-state index in [-0.39, 0.29) is 11.6 Å². The van der Waals surface area contributed by atoms with Crippen LogP contribution in [0.5, 0.6) is 0 Å². The Bertz CT molecular complexity index is 672. The molecule has 1 aliphatic rings. The molecular formula is C15H15F3N4. The third kappa shape index (κ3) is 3.13. The van der Waals surface area contributed by atoms with Gasteiger partial charge in [0, 0.05) is 12.2 Å². The molecule has 1 saturated carbocycles. The summed E-state index contributed by atoms with van der Waals surface area (Å²) in [5.41, 5.74) is -0.211. The summed E-state index contributed by atoms with van der Waals surface area (Å²) in [6.45, 7) is 0. The van der Waals surface area contributed by atoms with Gasteiger partial charge in [-0.05, 0) is 31.0 Å². The first-order chi connectivity index (χ1) is 10.6. The van der Waals surface area contributed by atoms with Gasteiger partial charge in [0.25, 0.3) is 0 Å². The predicted molar refractivity (Wildman–Crippen MR) is 77.5 cm³/mol. The van der Waals surface area contributed by atoms with Crippen molar-refractivity contribution in [1.82, 2.24) is 9.97 Å². The second-order valence-corrected chi connectivity index (χ2v) is 5.24. The van der Waals surface area contributed by atoms with Gasteiger partial charge in [0.05, 0.1) is 5.69 Å². The molecule has 1 fully saturated rings. The van der Waals surface area contributed by atoms with Gasteiger partial charge in [-0.2, -0.15) is 4.98 Å². The van der Waals surface area contributed by atoms with E-state index in [2.05, 4.69) is 20.6 Å². The average molecular weight is 308 g/mol. The van der Waals surface area contributed by atoms with Crippen LogP contribution in [0.25, 0.3) is 0 Å². The summed E-state index contributed by atoms with van der Waals surface area (Å²) in [5.74, 6) is -3.32. The molecule has 0 amide bonds. The van der Waals surface area contributed by atoms with Crippen molar-refractivity contribution in [3.63, 3.8) is 0 Å². The third-order valence-corrected chi connectivity index (χ3v) is 3.64. The molecule has 1 aromatic heterocycles. The van der Waals surface area contributed by atoms with Gasteiger partial charge in [0.2, 0.25) is 5.95 Å². The second-order valence-electron chi connectivity index (χ2n) is 5.24. The van der Waals surface area contributed by atoms with Crippen molar-refractivity contribution in [3.05, 3.63) is 41.8 Å². The number of nitrogens with zero attached hydrogens (tertiary/aromatic N) is 2. The van der Waals surface area contributed by atoms with E-state index in [1.165, 1.54) is 19.0 Å². The lowest BCUT2D eigenvalue weighted by molar-refractivity contribution is 0.449. The van der Waals surface area contributed by atoms with Crippen molar-refractivity contribution in [3.8, 4) is 0 Å². The maximum atomic E-state index is 13.6. The highest BCUT2D eigenvalue weighted by atomic mass is 19.2. The molecule has 0 bridgehead atoms. The van der Waals surface area contributed by atoms with Crippen LogP contribution < -0.4 is 10.6 Å². The maximum Gasteiger partial charge on any atom is 0.229 e. The van der Waals surface area contributed by atoms with Crippen LogP contribution in [-0.4, -0.2) is 16.0 Å². The Morgan fingerprint density at radius 3 is 2.55 bits per heavy atom. The van der Waals surface area contributed by atoms with Gasteiger partial charge in [0.15, 0.2) is 17.5 Å². The Labute approximate surface area is 125 Å². The molecule has 1 aliphatic carbocycles. The first kappa shape index (κ1) is 14.6. The van der Waals surface area contributed by atoms with Crippen LogP contribution in [0.4, 0.5) is 30.6 Å². The van der Waals surface area contributed by atoms with Gasteiger partial charge in [0.1, 0.15) is 5.82 Å². The molecule has 4 nitrogen and oxygen atoms in total. The van der Waals surface area contributed by atoms with Crippen LogP contribution in [0.15, 0.2) is 24.4 Å². The monoisotopic (exact) mass is 308 g/mol. The minimum atomic E-state index is -1.52. The summed E-state index contributed by atoms with van der Waals surface area (Å²) >= 11 is 0. The van der Waals surface area contributed by atoms with E-state index in [1.807, 2.05) is 0 Å². The summed E-state index contributed by atoms with van der Waals surface area (Å²) in [6, 6.07) is 4.04. The lowest BCUT2D eigenvalue weighted by Crippen LogP contribution is -2.16. The quantitative estimate of drug-likeness (QED) is 0.839. The van der Waals surface area contributed by atoms with Crippen molar-refractivity contribution in [2.75, 3.05) is 10.6 Å². The molecule has 7 heteroatoms. The Morgan fingerprint density at radius 1 is 1.00 bits per heavy atom. The standard InChI is InChI=1S/C15H15F3N4/c16-10-5-6-11(14(18)13(10)17)21-15-19-8-7-12(22-15)20-9-3-1-2-4-9/h5-9H,1-4H2,(H2,19,20,21,22). The van der Waals surface area contributed by atoms with E-state index in [0.717, 1.165) is 25.0 Å². The molecule has 1 heterocycles. The fourth-order valence-corrected chi connectivity index (χ4v) is 2.52. The Balaban J connectivity index is 1.76. The van der Waals surface area contributed by atoms with Gasteiger partial charge in [-0.25, -0.2) is 18.2 Å². The highest BCUT2D eigenvalue weighted by Crippen LogP contribution is 2.24. The first-order valence-electron chi connectivity index (χ1n) is 7.13. The molecular weight excluding hydrogens is 293 g/mol. The molecule has 0 saturated heterocycles. The molecule has 0 aliphatic heterocycles. The smallest absolute Gasteiger partial charge is 0.229 e. The number of hydrogen-bond acceptors (Lipinski definition) is 4. The Morgan fingerprint density at radius 2 is 1.77 bits per heavy atom. The summed E-state index contributed by atoms with van der Waals surface area (Å²) < 4.78 is 39.7. The number of halogens is 3. The molecule has 1 aromatic carbocycles. The maximum absolute atomic E-state index is 13.6. The molecule has 0 spiro atoms. The number of hydrogen-bond donors (Lipinski definition) is 2. The normalized spacial score (nSPS) is 15.0. The van der Waals surface area contributed by atoms with E-state index in [9.17, 15) is 13.2 Å². The fourth-order valence-electron chi connectivity index (χ4n) is 2.52. The van der Waals surface area contributed by atoms with Crippen molar-refractivity contribution in [2.24, 2.45) is 0 Å². The zero-order chi connectivity index (χ0) is 15.5. The van der Waals surface area contributed by atoms with Gasteiger partial charge in [-0.15, -0.1) is 0 Å². The number of aromatic nitrogens is 2. The van der Waals surface area contributed by atoms with Gasteiger partial charge >= 0.3 is 0 Å². The van der Waals surface area contributed by atoms with Crippen LogP contribution in [0.2, 0.25) is 0 Å². The predicted octanol–water partition coefficient (Wildman–Crippen LogP) is 3.99. The largest absolute Gasteiger partial charge is 0.367 e. The second kappa shape index (κ2) is 6.21. The van der Waals surface area contributed by atoms with Crippen LogP contribution in [0, 0.1) is 17.5 Å². The summed E-state index contributed by atoms with van der Waals surface area (Å²) in [4.78, 5) is 8.17. The lowest BCUT2D eigenvalue weighted by atomic mass is 10.2. The average Bonchev–Trinajstić information content (AvgIpc) is 3.01. The van der Waals surface area contributed by atoms with E-state index >= 15 is 0 Å². The van der Waals surface area contributed by atoms with Gasteiger partial charge in [-0.1, -0.05) is 12.8 Å². The van der Waals surface area contributed by atoms with E-state index in [4.69, 9.17) is 0 Å². The van der Waals surface area contributed by atoms with E-state index in [0.29, 0.717) is 11.9 Å². The SMILES string of the molecule is Fc1ccc(Nc2nccc(NC3CCCC3)n2)c(F)c1F. The van der Waals surface area contributed by atoms with Crippen molar-refractivity contribution in [2.45, 2.75) is 31.7 Å². The van der Waals surface area contributed by atoms with Crippen molar-refractivity contribution >= 4 is 17.5 Å². The highest BCUT2D eigenvalue weighted by molar-refractivity contribution is 5.55. The molecule has 116 valence electrons. The zero-order valence-corrected chi connectivity index (χ0v) is 11.7. The van der Waals surface area contributed by atoms with E-state index < -0.39 is 17.5 Å². The lowest BCUT2D eigenvalue weighted by Gasteiger charge is -2.13. The number of rotatable bonds is 4. The molecule has 0 radical (unpaired) electrons. The van der Waals surface area contributed by atoms with Crippen LogP contribution in [0.1, 0.15) is 25.7 Å².